The zero-order valence-electron chi connectivity index (χ0n) is 16.4. The second kappa shape index (κ2) is 8.65. The molecule has 2 N–H and O–H groups in total. The molecule has 8 heteroatoms. The van der Waals surface area contributed by atoms with Crippen LogP contribution in [0.1, 0.15) is 22.7 Å². The molecule has 3 aromatic rings. The van der Waals surface area contributed by atoms with E-state index in [1.807, 2.05) is 0 Å². The molecule has 0 aromatic heterocycles. The fourth-order valence-electron chi connectivity index (χ4n) is 3.67. The van der Waals surface area contributed by atoms with Crippen molar-refractivity contribution < 1.29 is 24.2 Å². The van der Waals surface area contributed by atoms with Crippen LogP contribution < -0.4 is 0 Å². The Bertz CT molecular complexity index is 1260. The Morgan fingerprint density at radius 3 is 2.34 bits per heavy atom. The number of amides is 1. The summed E-state index contributed by atoms with van der Waals surface area (Å²) in [6.45, 7) is -0.0106. The molecule has 0 spiro atoms. The number of aliphatic hydroxyl groups excluding tert-OH is 1. The van der Waals surface area contributed by atoms with Gasteiger partial charge in [-0.1, -0.05) is 47.5 Å². The van der Waals surface area contributed by atoms with E-state index in [-0.39, 0.29) is 33.5 Å². The molecule has 1 unspecified atom stereocenters. The van der Waals surface area contributed by atoms with Gasteiger partial charge < -0.3 is 15.1 Å². The molecule has 0 bridgehead atoms. The van der Waals surface area contributed by atoms with Gasteiger partial charge in [-0.15, -0.1) is 0 Å². The average Bonchev–Trinajstić information content (AvgIpc) is 3.01. The van der Waals surface area contributed by atoms with E-state index in [9.17, 15) is 24.2 Å². The fraction of sp³-hybridized carbons (Fsp3) is 0.0833. The van der Waals surface area contributed by atoms with Crippen LogP contribution in [-0.2, 0) is 16.1 Å². The Morgan fingerprint density at radius 2 is 1.69 bits per heavy atom. The predicted molar refractivity (Wildman–Crippen MR) is 119 cm³/mol. The summed E-state index contributed by atoms with van der Waals surface area (Å²) in [4.78, 5) is 27.2. The van der Waals surface area contributed by atoms with Gasteiger partial charge in [0.15, 0.2) is 0 Å². The molecule has 1 aliphatic rings. The third kappa shape index (κ3) is 4.07. The van der Waals surface area contributed by atoms with Crippen molar-refractivity contribution in [1.82, 2.24) is 4.90 Å². The smallest absolute Gasteiger partial charge is 0.295 e. The molecule has 5 nitrogen and oxygen atoms in total. The van der Waals surface area contributed by atoms with Crippen molar-refractivity contribution in [2.75, 3.05) is 0 Å². The van der Waals surface area contributed by atoms with Crippen molar-refractivity contribution in [2.24, 2.45) is 0 Å². The third-order valence-electron chi connectivity index (χ3n) is 5.19. The normalized spacial score (nSPS) is 17.7. The number of likely N-dealkylation sites (tertiary alicyclic amines) is 1. The number of benzene rings is 3. The van der Waals surface area contributed by atoms with E-state index in [0.29, 0.717) is 11.1 Å². The predicted octanol–water partition coefficient (Wildman–Crippen LogP) is 5.46. The van der Waals surface area contributed by atoms with Crippen LogP contribution in [-0.4, -0.2) is 26.8 Å². The molecule has 0 radical (unpaired) electrons. The van der Waals surface area contributed by atoms with Crippen LogP contribution in [0.25, 0.3) is 5.76 Å². The minimum atomic E-state index is -0.985. The summed E-state index contributed by atoms with van der Waals surface area (Å²) in [7, 11) is 0. The third-order valence-corrected chi connectivity index (χ3v) is 5.92. The number of phenols is 1. The number of phenolic OH excluding ortho intramolecular Hbond substituents is 1. The molecule has 3 aromatic carbocycles. The largest absolute Gasteiger partial charge is 0.508 e. The van der Waals surface area contributed by atoms with E-state index >= 15 is 0 Å². The number of ketones is 1. The minimum absolute atomic E-state index is 0.0106. The second-order valence-electron chi connectivity index (χ2n) is 7.28. The SMILES string of the molecule is O=C1C(=O)N(Cc2ccc(F)cc2)C(c2cccc(O)c2)/C1=C(/O)c1ccc(Cl)c(Cl)c1. The number of aromatic hydroxyl groups is 1. The molecule has 162 valence electrons. The Hall–Kier alpha value is -3.35. The molecule has 4 rings (SSSR count). The summed E-state index contributed by atoms with van der Waals surface area (Å²) < 4.78 is 13.3. The minimum Gasteiger partial charge on any atom is -0.508 e. The first-order valence-electron chi connectivity index (χ1n) is 9.53. The van der Waals surface area contributed by atoms with Gasteiger partial charge in [0.2, 0.25) is 0 Å². The molecule has 1 atom stereocenters. The molecule has 1 aliphatic heterocycles. The van der Waals surface area contributed by atoms with Crippen LogP contribution in [0.2, 0.25) is 10.0 Å². The molecule has 1 saturated heterocycles. The highest BCUT2D eigenvalue weighted by Gasteiger charge is 2.46. The lowest BCUT2D eigenvalue weighted by Crippen LogP contribution is -2.29. The van der Waals surface area contributed by atoms with Crippen molar-refractivity contribution in [1.29, 1.82) is 0 Å². The van der Waals surface area contributed by atoms with Gasteiger partial charge in [0.1, 0.15) is 17.3 Å². The fourth-order valence-corrected chi connectivity index (χ4v) is 3.97. The summed E-state index contributed by atoms with van der Waals surface area (Å²) >= 11 is 12.0. The Balaban J connectivity index is 1.87. The van der Waals surface area contributed by atoms with E-state index in [4.69, 9.17) is 23.2 Å². The van der Waals surface area contributed by atoms with E-state index in [2.05, 4.69) is 0 Å². The topological polar surface area (TPSA) is 77.8 Å². The quantitative estimate of drug-likeness (QED) is 0.300. The maximum Gasteiger partial charge on any atom is 0.295 e. The molecule has 0 saturated carbocycles. The number of hydrogen-bond donors (Lipinski definition) is 2. The molecular weight excluding hydrogens is 456 g/mol. The van der Waals surface area contributed by atoms with E-state index in [1.54, 1.807) is 12.1 Å². The number of rotatable bonds is 4. The van der Waals surface area contributed by atoms with Crippen LogP contribution in [0, 0.1) is 5.82 Å². The van der Waals surface area contributed by atoms with Gasteiger partial charge in [-0.3, -0.25) is 9.59 Å². The van der Waals surface area contributed by atoms with Gasteiger partial charge >= 0.3 is 0 Å². The Kier molecular flexibility index (Phi) is 5.91. The summed E-state index contributed by atoms with van der Waals surface area (Å²) in [6, 6.07) is 15.0. The maximum absolute atomic E-state index is 13.3. The first-order chi connectivity index (χ1) is 15.3. The van der Waals surface area contributed by atoms with Crippen LogP contribution in [0.15, 0.2) is 72.3 Å². The van der Waals surface area contributed by atoms with Crippen LogP contribution >= 0.6 is 23.2 Å². The number of hydrogen-bond acceptors (Lipinski definition) is 4. The van der Waals surface area contributed by atoms with Crippen molar-refractivity contribution in [2.45, 2.75) is 12.6 Å². The first kappa shape index (κ1) is 21.9. The molecule has 1 fully saturated rings. The summed E-state index contributed by atoms with van der Waals surface area (Å²) in [5.41, 5.74) is 1.08. The van der Waals surface area contributed by atoms with E-state index in [1.165, 1.54) is 59.5 Å². The molecule has 1 amide bonds. The van der Waals surface area contributed by atoms with Crippen molar-refractivity contribution in [3.63, 3.8) is 0 Å². The monoisotopic (exact) mass is 471 g/mol. The number of halogens is 3. The summed E-state index contributed by atoms with van der Waals surface area (Å²) in [6.07, 6.45) is 0. The van der Waals surface area contributed by atoms with Crippen LogP contribution in [0.3, 0.4) is 0 Å². The Labute approximate surface area is 192 Å². The zero-order valence-corrected chi connectivity index (χ0v) is 17.9. The van der Waals surface area contributed by atoms with Crippen molar-refractivity contribution >= 4 is 40.7 Å². The molecular formula is C24H16Cl2FNO4. The van der Waals surface area contributed by atoms with Gasteiger partial charge in [-0.2, -0.15) is 0 Å². The van der Waals surface area contributed by atoms with Crippen LogP contribution in [0.5, 0.6) is 5.75 Å². The van der Waals surface area contributed by atoms with Gasteiger partial charge in [0, 0.05) is 12.1 Å². The summed E-state index contributed by atoms with van der Waals surface area (Å²) in [5, 5.41) is 21.4. The second-order valence-corrected chi connectivity index (χ2v) is 8.09. The van der Waals surface area contributed by atoms with Gasteiger partial charge in [0.05, 0.1) is 21.7 Å². The molecule has 0 aliphatic carbocycles. The lowest BCUT2D eigenvalue weighted by Gasteiger charge is -2.25. The lowest BCUT2D eigenvalue weighted by molar-refractivity contribution is -0.140. The number of carbonyl (C=O) groups is 2. The molecule has 32 heavy (non-hydrogen) atoms. The highest BCUT2D eigenvalue weighted by Crippen LogP contribution is 2.41. The van der Waals surface area contributed by atoms with Crippen molar-refractivity contribution in [3.8, 4) is 5.75 Å². The highest BCUT2D eigenvalue weighted by molar-refractivity contribution is 6.46. The zero-order chi connectivity index (χ0) is 23.0. The Morgan fingerprint density at radius 1 is 0.969 bits per heavy atom. The average molecular weight is 472 g/mol. The highest BCUT2D eigenvalue weighted by atomic mass is 35.5. The first-order valence-corrected chi connectivity index (χ1v) is 10.3. The number of carbonyl (C=O) groups excluding carboxylic acids is 2. The number of aliphatic hydroxyl groups is 1. The standard InChI is InChI=1S/C24H16Cl2FNO4/c25-18-9-6-15(11-19(18)26)22(30)20-21(14-2-1-3-17(29)10-14)28(24(32)23(20)31)12-13-4-7-16(27)8-5-13/h1-11,21,29-30H,12H2/b22-20-. The van der Waals surface area contributed by atoms with Gasteiger partial charge in [-0.05, 0) is 53.6 Å². The van der Waals surface area contributed by atoms with Gasteiger partial charge in [0.25, 0.3) is 11.7 Å². The summed E-state index contributed by atoms with van der Waals surface area (Å²) in [5.74, 6) is -2.63. The van der Waals surface area contributed by atoms with Crippen molar-refractivity contribution in [3.05, 3.63) is 105 Å². The molecule has 1 heterocycles. The van der Waals surface area contributed by atoms with E-state index < -0.39 is 29.3 Å². The number of Topliss-reactive ketones (excluding diaryl/α,β-unsaturated/α-hetero) is 1. The van der Waals surface area contributed by atoms with Crippen LogP contribution in [0.4, 0.5) is 4.39 Å². The van der Waals surface area contributed by atoms with E-state index in [0.717, 1.165) is 0 Å². The number of nitrogens with zero attached hydrogens (tertiary/aromatic N) is 1. The lowest BCUT2D eigenvalue weighted by atomic mass is 9.95. The van der Waals surface area contributed by atoms with Gasteiger partial charge in [-0.25, -0.2) is 4.39 Å². The maximum atomic E-state index is 13.3.